The second-order valence-corrected chi connectivity index (χ2v) is 5.95. The van der Waals surface area contributed by atoms with Crippen LogP contribution in [0.5, 0.6) is 0 Å². The van der Waals surface area contributed by atoms with Crippen molar-refractivity contribution in [2.75, 3.05) is 4.72 Å². The van der Waals surface area contributed by atoms with Gasteiger partial charge in [0.05, 0.1) is 17.5 Å². The van der Waals surface area contributed by atoms with E-state index in [4.69, 9.17) is 5.11 Å². The van der Waals surface area contributed by atoms with E-state index in [0.717, 1.165) is 12.3 Å². The van der Waals surface area contributed by atoms with Gasteiger partial charge in [0.15, 0.2) is 0 Å². The van der Waals surface area contributed by atoms with Crippen LogP contribution in [0.4, 0.5) is 10.2 Å². The molecule has 2 rings (SSSR count). The van der Waals surface area contributed by atoms with Crippen molar-refractivity contribution >= 4 is 21.8 Å². The lowest BCUT2D eigenvalue weighted by Gasteiger charge is -2.07. The normalized spacial score (nSPS) is 11.1. The molecule has 0 saturated heterocycles. The van der Waals surface area contributed by atoms with Crippen molar-refractivity contribution in [2.45, 2.75) is 5.75 Å². The van der Waals surface area contributed by atoms with Crippen LogP contribution in [0.2, 0.25) is 0 Å². The zero-order valence-electron chi connectivity index (χ0n) is 10.7. The zero-order chi connectivity index (χ0) is 15.5. The van der Waals surface area contributed by atoms with Crippen LogP contribution in [-0.2, 0) is 15.8 Å². The Kier molecular flexibility index (Phi) is 4.18. The summed E-state index contributed by atoms with van der Waals surface area (Å²) in [5, 5.41) is 8.86. The highest BCUT2D eigenvalue weighted by Crippen LogP contribution is 2.12. The Bertz CT molecular complexity index is 760. The third-order valence-electron chi connectivity index (χ3n) is 2.52. The minimum Gasteiger partial charge on any atom is -0.478 e. The molecule has 110 valence electrons. The topological polar surface area (TPSA) is 96.4 Å². The van der Waals surface area contributed by atoms with E-state index in [1.165, 1.54) is 30.3 Å². The first-order valence-corrected chi connectivity index (χ1v) is 7.45. The Morgan fingerprint density at radius 3 is 2.67 bits per heavy atom. The first-order chi connectivity index (χ1) is 9.85. The Balaban J connectivity index is 2.15. The van der Waals surface area contributed by atoms with Gasteiger partial charge in [-0.3, -0.25) is 4.72 Å². The van der Waals surface area contributed by atoms with E-state index < -0.39 is 27.6 Å². The fourth-order valence-electron chi connectivity index (χ4n) is 1.65. The number of halogens is 1. The first-order valence-electron chi connectivity index (χ1n) is 5.80. The molecule has 0 bridgehead atoms. The molecule has 0 aliphatic carbocycles. The van der Waals surface area contributed by atoms with Gasteiger partial charge < -0.3 is 5.11 Å². The summed E-state index contributed by atoms with van der Waals surface area (Å²) >= 11 is 0. The summed E-state index contributed by atoms with van der Waals surface area (Å²) in [5.74, 6) is -2.13. The Morgan fingerprint density at radius 1 is 1.29 bits per heavy atom. The molecule has 2 N–H and O–H groups in total. The number of hydrogen-bond acceptors (Lipinski definition) is 4. The van der Waals surface area contributed by atoms with Crippen LogP contribution in [0.25, 0.3) is 0 Å². The molecule has 0 saturated carbocycles. The summed E-state index contributed by atoms with van der Waals surface area (Å²) in [7, 11) is -3.77. The molecule has 2 aromatic rings. The van der Waals surface area contributed by atoms with Crippen molar-refractivity contribution in [1.82, 2.24) is 4.98 Å². The lowest BCUT2D eigenvalue weighted by molar-refractivity contribution is 0.0696. The Hall–Kier alpha value is -2.48. The van der Waals surface area contributed by atoms with Crippen LogP contribution in [-0.4, -0.2) is 24.5 Å². The number of aromatic nitrogens is 1. The Labute approximate surface area is 120 Å². The van der Waals surface area contributed by atoms with E-state index in [0.29, 0.717) is 5.56 Å². The van der Waals surface area contributed by atoms with Crippen LogP contribution in [0.1, 0.15) is 15.9 Å². The first kappa shape index (κ1) is 14.9. The number of rotatable bonds is 5. The van der Waals surface area contributed by atoms with Crippen LogP contribution >= 0.6 is 0 Å². The van der Waals surface area contributed by atoms with Gasteiger partial charge in [-0.1, -0.05) is 12.1 Å². The fourth-order valence-corrected chi connectivity index (χ4v) is 2.78. The number of hydrogen-bond donors (Lipinski definition) is 2. The minimum absolute atomic E-state index is 0.00241. The molecule has 0 spiro atoms. The third kappa shape index (κ3) is 4.25. The van der Waals surface area contributed by atoms with Crippen molar-refractivity contribution in [2.24, 2.45) is 0 Å². The van der Waals surface area contributed by atoms with E-state index in [9.17, 15) is 17.6 Å². The number of carboxylic acids is 1. The van der Waals surface area contributed by atoms with Crippen LogP contribution in [0, 0.1) is 5.82 Å². The summed E-state index contributed by atoms with van der Waals surface area (Å²) in [6, 6.07) is 7.89. The van der Waals surface area contributed by atoms with Gasteiger partial charge in [0.25, 0.3) is 0 Å². The molecule has 0 atom stereocenters. The van der Waals surface area contributed by atoms with Gasteiger partial charge in [-0.2, -0.15) is 0 Å². The molecule has 8 heteroatoms. The number of pyridine rings is 1. The second-order valence-electron chi connectivity index (χ2n) is 4.23. The lowest BCUT2D eigenvalue weighted by Crippen LogP contribution is -2.16. The molecule has 0 amide bonds. The lowest BCUT2D eigenvalue weighted by atomic mass is 10.1. The SMILES string of the molecule is O=C(O)c1cccc(CS(=O)(=O)Nc2ccc(F)cn2)c1. The quantitative estimate of drug-likeness (QED) is 0.878. The highest BCUT2D eigenvalue weighted by Gasteiger charge is 2.14. The smallest absolute Gasteiger partial charge is 0.335 e. The van der Waals surface area contributed by atoms with Gasteiger partial charge >= 0.3 is 5.97 Å². The number of aromatic carboxylic acids is 1. The molecular weight excluding hydrogens is 299 g/mol. The molecule has 6 nitrogen and oxygen atoms in total. The molecule has 0 fully saturated rings. The number of benzene rings is 1. The van der Waals surface area contributed by atoms with Gasteiger partial charge in [-0.25, -0.2) is 22.6 Å². The van der Waals surface area contributed by atoms with Gasteiger partial charge in [0, 0.05) is 0 Å². The van der Waals surface area contributed by atoms with Crippen LogP contribution < -0.4 is 4.72 Å². The van der Waals surface area contributed by atoms with Crippen LogP contribution in [0.15, 0.2) is 42.6 Å². The average molecular weight is 310 g/mol. The summed E-state index contributed by atoms with van der Waals surface area (Å²) < 4.78 is 38.8. The van der Waals surface area contributed by atoms with Gasteiger partial charge in [0.1, 0.15) is 11.6 Å². The minimum atomic E-state index is -3.77. The summed E-state index contributed by atoms with van der Waals surface area (Å²) in [6.45, 7) is 0. The molecule has 1 aromatic heterocycles. The number of carbonyl (C=O) groups is 1. The van der Waals surface area contributed by atoms with Crippen molar-refractivity contribution in [3.05, 3.63) is 59.5 Å². The average Bonchev–Trinajstić information content (AvgIpc) is 2.41. The number of sulfonamides is 1. The molecule has 1 heterocycles. The predicted molar refractivity (Wildman–Crippen MR) is 73.8 cm³/mol. The number of carboxylic acid groups (broad SMARTS) is 1. The second kappa shape index (κ2) is 5.88. The largest absolute Gasteiger partial charge is 0.478 e. The summed E-state index contributed by atoms with van der Waals surface area (Å²) in [6.07, 6.45) is 0.892. The Morgan fingerprint density at radius 2 is 2.05 bits per heavy atom. The van der Waals surface area contributed by atoms with Crippen molar-refractivity contribution in [3.8, 4) is 0 Å². The molecule has 0 aliphatic rings. The molecule has 0 aliphatic heterocycles. The standard InChI is InChI=1S/C13H11FN2O4S/c14-11-4-5-12(15-7-11)16-21(19,20)8-9-2-1-3-10(6-9)13(17)18/h1-7H,8H2,(H,15,16)(H,17,18). The number of nitrogens with one attached hydrogen (secondary N) is 1. The van der Waals surface area contributed by atoms with E-state index in [1.54, 1.807) is 0 Å². The predicted octanol–water partition coefficient (Wildman–Crippen LogP) is 1.86. The molecule has 1 aromatic carbocycles. The molecule has 0 unspecified atom stereocenters. The van der Waals surface area contributed by atoms with Gasteiger partial charge in [-0.05, 0) is 29.8 Å². The number of anilines is 1. The van der Waals surface area contributed by atoms with E-state index in [1.807, 2.05) is 0 Å². The van der Waals surface area contributed by atoms with Crippen molar-refractivity contribution < 1.29 is 22.7 Å². The maximum absolute atomic E-state index is 12.7. The maximum Gasteiger partial charge on any atom is 0.335 e. The highest BCUT2D eigenvalue weighted by atomic mass is 32.2. The maximum atomic E-state index is 12.7. The van der Waals surface area contributed by atoms with Gasteiger partial charge in [0.2, 0.25) is 10.0 Å². The van der Waals surface area contributed by atoms with Gasteiger partial charge in [-0.15, -0.1) is 0 Å². The number of nitrogens with zero attached hydrogens (tertiary/aromatic N) is 1. The molecule has 21 heavy (non-hydrogen) atoms. The zero-order valence-corrected chi connectivity index (χ0v) is 11.5. The van der Waals surface area contributed by atoms with E-state index >= 15 is 0 Å². The van der Waals surface area contributed by atoms with Crippen molar-refractivity contribution in [3.63, 3.8) is 0 Å². The summed E-state index contributed by atoms with van der Waals surface area (Å²) in [4.78, 5) is 14.4. The van der Waals surface area contributed by atoms with Crippen molar-refractivity contribution in [1.29, 1.82) is 0 Å². The molecule has 0 radical (unpaired) electrons. The summed E-state index contributed by atoms with van der Waals surface area (Å²) in [5.41, 5.74) is 0.326. The van der Waals surface area contributed by atoms with E-state index in [-0.39, 0.29) is 11.4 Å². The fraction of sp³-hybridized carbons (Fsp3) is 0.0769. The monoisotopic (exact) mass is 310 g/mol. The van der Waals surface area contributed by atoms with E-state index in [2.05, 4.69) is 9.71 Å². The van der Waals surface area contributed by atoms with Crippen LogP contribution in [0.3, 0.4) is 0 Å². The molecular formula is C13H11FN2O4S. The third-order valence-corrected chi connectivity index (χ3v) is 3.75. The highest BCUT2D eigenvalue weighted by molar-refractivity contribution is 7.91.